The smallest absolute Gasteiger partial charge is 0.279 e. The fraction of sp³-hybridized carbons (Fsp3) is 0.350. The number of nitrogens with zero attached hydrogens (tertiary/aromatic N) is 2. The van der Waals surface area contributed by atoms with Crippen LogP contribution in [0.4, 0.5) is 15.8 Å². The van der Waals surface area contributed by atoms with Gasteiger partial charge < -0.3 is 15.1 Å². The summed E-state index contributed by atoms with van der Waals surface area (Å²) in [7, 11) is 4.80. The van der Waals surface area contributed by atoms with Crippen LogP contribution in [0.15, 0.2) is 47.4 Å². The molecule has 0 fully saturated rings. The molecule has 2 aromatic rings. The Hall–Kier alpha value is -2.49. The minimum atomic E-state index is -3.62. The summed E-state index contributed by atoms with van der Waals surface area (Å²) in [4.78, 5) is 15.4. The molecule has 0 saturated heterocycles. The van der Waals surface area contributed by atoms with Crippen LogP contribution in [0, 0.1) is 5.82 Å². The lowest BCUT2D eigenvalue weighted by atomic mass is 10.2. The van der Waals surface area contributed by atoms with Crippen molar-refractivity contribution in [1.29, 1.82) is 0 Å². The fourth-order valence-corrected chi connectivity index (χ4v) is 3.79. The van der Waals surface area contributed by atoms with Gasteiger partial charge in [-0.05, 0) is 30.3 Å². The number of hydrogen-bond acceptors (Lipinski definition) is 4. The van der Waals surface area contributed by atoms with Gasteiger partial charge in [-0.1, -0.05) is 12.1 Å². The highest BCUT2D eigenvalue weighted by molar-refractivity contribution is 7.89. The number of anilines is 2. The molecule has 158 valence electrons. The maximum atomic E-state index is 13.0. The Labute approximate surface area is 171 Å². The van der Waals surface area contributed by atoms with Crippen molar-refractivity contribution in [1.82, 2.24) is 4.31 Å². The van der Waals surface area contributed by atoms with Crippen LogP contribution >= 0.6 is 0 Å². The number of quaternary nitrogens is 1. The van der Waals surface area contributed by atoms with E-state index < -0.39 is 10.0 Å². The molecule has 0 bridgehead atoms. The van der Waals surface area contributed by atoms with Crippen molar-refractivity contribution in [3.63, 3.8) is 0 Å². The molecule has 2 N–H and O–H groups in total. The third-order valence-electron chi connectivity index (χ3n) is 4.38. The Balaban J connectivity index is 2.16. The van der Waals surface area contributed by atoms with Crippen molar-refractivity contribution in [3.8, 4) is 0 Å². The summed E-state index contributed by atoms with van der Waals surface area (Å²) < 4.78 is 39.0. The van der Waals surface area contributed by atoms with Gasteiger partial charge in [0.05, 0.1) is 23.3 Å². The van der Waals surface area contributed by atoms with Crippen molar-refractivity contribution in [2.45, 2.75) is 11.4 Å². The molecule has 0 saturated carbocycles. The molecule has 0 aromatic heterocycles. The normalized spacial score (nSPS) is 12.7. The Morgan fingerprint density at radius 3 is 2.24 bits per heavy atom. The zero-order valence-electron chi connectivity index (χ0n) is 17.4. The first kappa shape index (κ1) is 22.8. The van der Waals surface area contributed by atoms with Crippen LogP contribution in [0.2, 0.25) is 0 Å². The third-order valence-corrected chi connectivity index (χ3v) is 6.20. The number of hydrogen-bond donors (Lipinski definition) is 2. The van der Waals surface area contributed by atoms with E-state index >= 15 is 0 Å². The average Bonchev–Trinajstić information content (AvgIpc) is 2.63. The van der Waals surface area contributed by atoms with Crippen molar-refractivity contribution in [2.75, 3.05) is 52.0 Å². The van der Waals surface area contributed by atoms with E-state index in [1.165, 1.54) is 38.4 Å². The maximum absolute atomic E-state index is 13.0. The number of likely N-dealkylation sites (N-methyl/N-ethyl adjacent to an activating group) is 1. The summed E-state index contributed by atoms with van der Waals surface area (Å²) in [6.07, 6.45) is 0. The van der Waals surface area contributed by atoms with E-state index in [2.05, 4.69) is 5.32 Å². The molecule has 0 spiro atoms. The van der Waals surface area contributed by atoms with Gasteiger partial charge in [0.2, 0.25) is 10.0 Å². The number of carbonyl (C=O) groups is 1. The van der Waals surface area contributed by atoms with Gasteiger partial charge in [-0.3, -0.25) is 4.79 Å². The van der Waals surface area contributed by atoms with Crippen molar-refractivity contribution >= 4 is 27.3 Å². The first-order valence-electron chi connectivity index (χ1n) is 9.10. The van der Waals surface area contributed by atoms with Gasteiger partial charge in [0.15, 0.2) is 6.54 Å². The molecule has 0 aliphatic carbocycles. The van der Waals surface area contributed by atoms with E-state index in [0.29, 0.717) is 17.9 Å². The summed E-state index contributed by atoms with van der Waals surface area (Å²) in [5, 5.41) is 2.82. The van der Waals surface area contributed by atoms with Gasteiger partial charge in [-0.15, -0.1) is 0 Å². The van der Waals surface area contributed by atoms with Crippen molar-refractivity contribution < 1.29 is 22.5 Å². The maximum Gasteiger partial charge on any atom is 0.279 e. The van der Waals surface area contributed by atoms with Crippen LogP contribution in [0.25, 0.3) is 0 Å². The number of amides is 1. The van der Waals surface area contributed by atoms with Crippen LogP contribution in [-0.4, -0.2) is 60.4 Å². The van der Waals surface area contributed by atoms with Crippen molar-refractivity contribution in [3.05, 3.63) is 53.8 Å². The molecule has 7 nitrogen and oxygen atoms in total. The Morgan fingerprint density at radius 2 is 1.69 bits per heavy atom. The minimum absolute atomic E-state index is 0.107. The molecule has 9 heteroatoms. The van der Waals surface area contributed by atoms with Gasteiger partial charge in [0.25, 0.3) is 5.91 Å². The highest BCUT2D eigenvalue weighted by Crippen LogP contribution is 2.28. The van der Waals surface area contributed by atoms with Crippen LogP contribution in [0.5, 0.6) is 0 Å². The first-order chi connectivity index (χ1) is 13.5. The van der Waals surface area contributed by atoms with Crippen LogP contribution in [0.3, 0.4) is 0 Å². The molecule has 0 aliphatic rings. The van der Waals surface area contributed by atoms with E-state index in [0.717, 1.165) is 14.8 Å². The minimum Gasteiger partial charge on any atom is -0.376 e. The highest BCUT2D eigenvalue weighted by atomic mass is 32.2. The Kier molecular flexibility index (Phi) is 7.34. The van der Waals surface area contributed by atoms with Gasteiger partial charge in [0, 0.05) is 33.8 Å². The summed E-state index contributed by atoms with van der Waals surface area (Å²) in [5.41, 5.74) is 2.05. The molecule has 2 rings (SSSR count). The van der Waals surface area contributed by atoms with Crippen LogP contribution < -0.4 is 15.1 Å². The molecule has 0 radical (unpaired) electrons. The lowest BCUT2D eigenvalue weighted by Gasteiger charge is -2.21. The number of sulfonamides is 1. The standard InChI is InChI=1S/C20H27FN4O3S/c1-23(2)19-11-10-17(29(27,28)24(3)4)12-18(19)22-20(26)14-25(5)13-15-6-8-16(21)9-7-15/h6-12H,13-14H2,1-5H3,(H,22,26)/p+1. The van der Waals surface area contributed by atoms with E-state index in [1.807, 2.05) is 21.1 Å². The fourth-order valence-electron chi connectivity index (χ4n) is 2.86. The lowest BCUT2D eigenvalue weighted by molar-refractivity contribution is -0.885. The second kappa shape index (κ2) is 9.34. The highest BCUT2D eigenvalue weighted by Gasteiger charge is 2.21. The van der Waals surface area contributed by atoms with E-state index in [9.17, 15) is 17.6 Å². The first-order valence-corrected chi connectivity index (χ1v) is 10.5. The van der Waals surface area contributed by atoms with Gasteiger partial charge >= 0.3 is 0 Å². The molecular formula is C20H28FN4O3S+. The lowest BCUT2D eigenvalue weighted by Crippen LogP contribution is -3.08. The zero-order chi connectivity index (χ0) is 21.8. The molecular weight excluding hydrogens is 395 g/mol. The molecule has 29 heavy (non-hydrogen) atoms. The zero-order valence-corrected chi connectivity index (χ0v) is 18.2. The van der Waals surface area contributed by atoms with Gasteiger partial charge in [0.1, 0.15) is 12.4 Å². The van der Waals surface area contributed by atoms with Crippen LogP contribution in [0.1, 0.15) is 5.56 Å². The van der Waals surface area contributed by atoms with Crippen LogP contribution in [-0.2, 0) is 21.4 Å². The quantitative estimate of drug-likeness (QED) is 0.659. The molecule has 1 unspecified atom stereocenters. The largest absolute Gasteiger partial charge is 0.376 e. The number of halogens is 1. The Morgan fingerprint density at radius 1 is 1.07 bits per heavy atom. The van der Waals surface area contributed by atoms with Gasteiger partial charge in [-0.2, -0.15) is 0 Å². The number of rotatable bonds is 8. The van der Waals surface area contributed by atoms with Crippen molar-refractivity contribution in [2.24, 2.45) is 0 Å². The second-order valence-electron chi connectivity index (χ2n) is 7.35. The van der Waals surface area contributed by atoms with Gasteiger partial charge in [-0.25, -0.2) is 17.1 Å². The number of benzene rings is 2. The predicted molar refractivity (Wildman–Crippen MR) is 112 cm³/mol. The average molecular weight is 424 g/mol. The molecule has 2 aromatic carbocycles. The molecule has 1 atom stereocenters. The second-order valence-corrected chi connectivity index (χ2v) is 9.50. The molecule has 1 amide bonds. The summed E-state index contributed by atoms with van der Waals surface area (Å²) in [6, 6.07) is 10.8. The monoisotopic (exact) mass is 423 g/mol. The predicted octanol–water partition coefficient (Wildman–Crippen LogP) is 0.795. The Bertz CT molecular complexity index is 960. The summed E-state index contributed by atoms with van der Waals surface area (Å²) in [5.74, 6) is -0.542. The SMILES string of the molecule is CN(C)c1ccc(S(=O)(=O)N(C)C)cc1NC(=O)C[NH+](C)Cc1ccc(F)cc1. The van der Waals surface area contributed by atoms with E-state index in [-0.39, 0.29) is 23.2 Å². The van der Waals surface area contributed by atoms with E-state index in [1.54, 1.807) is 23.1 Å². The molecule has 0 aliphatic heterocycles. The number of nitrogens with one attached hydrogen (secondary N) is 2. The van der Waals surface area contributed by atoms with E-state index in [4.69, 9.17) is 0 Å². The number of carbonyl (C=O) groups excluding carboxylic acids is 1. The summed E-state index contributed by atoms with van der Waals surface area (Å²) >= 11 is 0. The molecule has 0 heterocycles. The summed E-state index contributed by atoms with van der Waals surface area (Å²) in [6.45, 7) is 0.734. The topological polar surface area (TPSA) is 74.2 Å². The third kappa shape index (κ3) is 5.99.